The Kier molecular flexibility index (Phi) is 3.54. The molecule has 0 radical (unpaired) electrons. The van der Waals surface area contributed by atoms with Gasteiger partial charge in [0.1, 0.15) is 6.10 Å². The van der Waals surface area contributed by atoms with Crippen LogP contribution in [0.5, 0.6) is 0 Å². The minimum Gasteiger partial charge on any atom is -0.467 e. The monoisotopic (exact) mass is 222 g/mol. The lowest BCUT2D eigenvalue weighted by Crippen LogP contribution is -2.14. The molecule has 0 spiro atoms. The second kappa shape index (κ2) is 5.09. The van der Waals surface area contributed by atoms with Gasteiger partial charge in [-0.15, -0.1) is 0 Å². The molecule has 1 fully saturated rings. The maximum absolute atomic E-state index is 11.0. The van der Waals surface area contributed by atoms with Gasteiger partial charge in [-0.1, -0.05) is 30.3 Å². The van der Waals surface area contributed by atoms with Crippen LogP contribution in [0.4, 0.5) is 0 Å². The summed E-state index contributed by atoms with van der Waals surface area (Å²) in [5.74, 6) is -0.326. The molecule has 0 bridgehead atoms. The molecule has 2 rings (SSSR count). The molecule has 1 aliphatic heterocycles. The van der Waals surface area contributed by atoms with E-state index in [4.69, 9.17) is 9.47 Å². The molecule has 1 heterocycles. The van der Waals surface area contributed by atoms with Crippen LogP contribution in [-0.2, 0) is 25.6 Å². The van der Waals surface area contributed by atoms with Crippen LogP contribution >= 0.6 is 0 Å². The topological polar surface area (TPSA) is 48.1 Å². The number of hydrogen-bond donors (Lipinski definition) is 0. The Morgan fingerprint density at radius 3 is 2.81 bits per heavy atom. The standard InChI is InChI=1S/C12H14O4/c1-14-12(13)11-10(16-11)8-15-7-9-5-3-2-4-6-9/h2-6,10-11H,7-8H2,1H3/t10-,11+/m0/s1. The predicted octanol–water partition coefficient (Wildman–Crippen LogP) is 1.14. The zero-order valence-corrected chi connectivity index (χ0v) is 9.09. The molecule has 4 heteroatoms. The summed E-state index contributed by atoms with van der Waals surface area (Å²) in [5, 5.41) is 0. The van der Waals surface area contributed by atoms with Crippen LogP contribution in [-0.4, -0.2) is 31.9 Å². The van der Waals surface area contributed by atoms with Gasteiger partial charge in [0.25, 0.3) is 0 Å². The van der Waals surface area contributed by atoms with Crippen molar-refractivity contribution in [2.45, 2.75) is 18.8 Å². The molecular weight excluding hydrogens is 208 g/mol. The summed E-state index contributed by atoms with van der Waals surface area (Å²) < 4.78 is 15.1. The second-order valence-corrected chi connectivity index (χ2v) is 3.62. The lowest BCUT2D eigenvalue weighted by atomic mass is 10.2. The van der Waals surface area contributed by atoms with Gasteiger partial charge in [-0.3, -0.25) is 0 Å². The Bertz CT molecular complexity index is 349. The van der Waals surface area contributed by atoms with Gasteiger partial charge in [-0.25, -0.2) is 4.79 Å². The highest BCUT2D eigenvalue weighted by molar-refractivity contribution is 5.77. The summed E-state index contributed by atoms with van der Waals surface area (Å²) >= 11 is 0. The van der Waals surface area contributed by atoms with E-state index in [-0.39, 0.29) is 12.1 Å². The first kappa shape index (κ1) is 11.1. The molecule has 4 nitrogen and oxygen atoms in total. The number of carbonyl (C=O) groups excluding carboxylic acids is 1. The maximum Gasteiger partial charge on any atom is 0.337 e. The van der Waals surface area contributed by atoms with Gasteiger partial charge in [0.15, 0.2) is 6.10 Å². The summed E-state index contributed by atoms with van der Waals surface area (Å²) in [7, 11) is 1.35. The lowest BCUT2D eigenvalue weighted by molar-refractivity contribution is -0.142. The van der Waals surface area contributed by atoms with E-state index in [0.717, 1.165) is 5.56 Å². The molecule has 0 N–H and O–H groups in total. The first-order valence-corrected chi connectivity index (χ1v) is 5.16. The molecule has 0 aliphatic carbocycles. The van der Waals surface area contributed by atoms with Crippen LogP contribution < -0.4 is 0 Å². The quantitative estimate of drug-likeness (QED) is 0.553. The number of rotatable bonds is 5. The van der Waals surface area contributed by atoms with E-state index in [1.54, 1.807) is 0 Å². The van der Waals surface area contributed by atoms with Gasteiger partial charge in [0.2, 0.25) is 0 Å². The summed E-state index contributed by atoms with van der Waals surface area (Å²) in [6.45, 7) is 0.962. The van der Waals surface area contributed by atoms with E-state index in [9.17, 15) is 4.79 Å². The lowest BCUT2D eigenvalue weighted by Gasteiger charge is -2.01. The van der Waals surface area contributed by atoms with Crippen LogP contribution in [0, 0.1) is 0 Å². The number of epoxide rings is 1. The molecule has 0 saturated carbocycles. The van der Waals surface area contributed by atoms with Crippen molar-refractivity contribution in [3.63, 3.8) is 0 Å². The van der Waals surface area contributed by atoms with E-state index in [0.29, 0.717) is 13.2 Å². The molecular formula is C12H14O4. The second-order valence-electron chi connectivity index (χ2n) is 3.62. The highest BCUT2D eigenvalue weighted by atomic mass is 16.7. The number of methoxy groups -OCH3 is 1. The number of carbonyl (C=O) groups is 1. The SMILES string of the molecule is COC(=O)[C@@H]1O[C@H]1COCc1ccccc1. The van der Waals surface area contributed by atoms with Crippen LogP contribution in [0.2, 0.25) is 0 Å². The molecule has 0 unspecified atom stereocenters. The number of benzene rings is 1. The van der Waals surface area contributed by atoms with Crippen molar-refractivity contribution >= 4 is 5.97 Å². The van der Waals surface area contributed by atoms with Crippen molar-refractivity contribution in [2.75, 3.05) is 13.7 Å². The minimum absolute atomic E-state index is 0.142. The number of hydrogen-bond acceptors (Lipinski definition) is 4. The van der Waals surface area contributed by atoms with E-state index in [1.807, 2.05) is 30.3 Å². The third kappa shape index (κ3) is 2.81. The van der Waals surface area contributed by atoms with Crippen LogP contribution in [0.15, 0.2) is 30.3 Å². The Morgan fingerprint density at radius 1 is 1.38 bits per heavy atom. The summed E-state index contributed by atoms with van der Waals surface area (Å²) in [4.78, 5) is 11.0. The van der Waals surface area contributed by atoms with Gasteiger partial charge in [-0.05, 0) is 5.56 Å². The van der Waals surface area contributed by atoms with Crippen molar-refractivity contribution in [1.29, 1.82) is 0 Å². The molecule has 86 valence electrons. The summed E-state index contributed by atoms with van der Waals surface area (Å²) in [6, 6.07) is 9.87. The molecule has 2 atom stereocenters. The normalized spacial score (nSPS) is 22.8. The van der Waals surface area contributed by atoms with Crippen LogP contribution in [0.25, 0.3) is 0 Å². The molecule has 16 heavy (non-hydrogen) atoms. The Hall–Kier alpha value is -1.39. The predicted molar refractivity (Wildman–Crippen MR) is 56.8 cm³/mol. The zero-order valence-electron chi connectivity index (χ0n) is 9.09. The summed E-state index contributed by atoms with van der Waals surface area (Å²) in [6.07, 6.45) is -0.572. The molecule has 1 saturated heterocycles. The molecule has 1 aromatic carbocycles. The van der Waals surface area contributed by atoms with Gasteiger partial charge in [-0.2, -0.15) is 0 Å². The fourth-order valence-electron chi connectivity index (χ4n) is 1.46. The van der Waals surface area contributed by atoms with Crippen molar-refractivity contribution in [3.8, 4) is 0 Å². The van der Waals surface area contributed by atoms with E-state index in [2.05, 4.69) is 4.74 Å². The third-order valence-corrected chi connectivity index (χ3v) is 2.41. The van der Waals surface area contributed by atoms with Crippen molar-refractivity contribution < 1.29 is 19.0 Å². The van der Waals surface area contributed by atoms with Crippen molar-refractivity contribution in [2.24, 2.45) is 0 Å². The highest BCUT2D eigenvalue weighted by Crippen LogP contribution is 2.23. The maximum atomic E-state index is 11.0. The fraction of sp³-hybridized carbons (Fsp3) is 0.417. The Balaban J connectivity index is 1.65. The van der Waals surface area contributed by atoms with Crippen molar-refractivity contribution in [1.82, 2.24) is 0 Å². The minimum atomic E-state index is -0.430. The van der Waals surface area contributed by atoms with Crippen molar-refractivity contribution in [3.05, 3.63) is 35.9 Å². The van der Waals surface area contributed by atoms with E-state index < -0.39 is 6.10 Å². The first-order chi connectivity index (χ1) is 7.81. The average Bonchev–Trinajstić information content (AvgIpc) is 3.09. The van der Waals surface area contributed by atoms with Gasteiger partial charge in [0.05, 0.1) is 20.3 Å². The summed E-state index contributed by atoms with van der Waals surface area (Å²) in [5.41, 5.74) is 1.11. The van der Waals surface area contributed by atoms with Crippen LogP contribution in [0.3, 0.4) is 0 Å². The number of ether oxygens (including phenoxy) is 3. The largest absolute Gasteiger partial charge is 0.467 e. The molecule has 0 aromatic heterocycles. The van der Waals surface area contributed by atoms with Gasteiger partial charge < -0.3 is 14.2 Å². The molecule has 1 aliphatic rings. The smallest absolute Gasteiger partial charge is 0.337 e. The van der Waals surface area contributed by atoms with E-state index in [1.165, 1.54) is 7.11 Å². The van der Waals surface area contributed by atoms with E-state index >= 15 is 0 Å². The average molecular weight is 222 g/mol. The highest BCUT2D eigenvalue weighted by Gasteiger charge is 2.46. The first-order valence-electron chi connectivity index (χ1n) is 5.16. The fourth-order valence-corrected chi connectivity index (χ4v) is 1.46. The zero-order chi connectivity index (χ0) is 11.4. The number of esters is 1. The molecule has 1 aromatic rings. The van der Waals surface area contributed by atoms with Crippen LogP contribution in [0.1, 0.15) is 5.56 Å². The third-order valence-electron chi connectivity index (χ3n) is 2.41. The Labute approximate surface area is 94.1 Å². The Morgan fingerprint density at radius 2 is 2.12 bits per heavy atom. The van der Waals surface area contributed by atoms with Gasteiger partial charge >= 0.3 is 5.97 Å². The molecule has 0 amide bonds. The van der Waals surface area contributed by atoms with Gasteiger partial charge in [0, 0.05) is 0 Å².